The summed E-state index contributed by atoms with van der Waals surface area (Å²) in [6.07, 6.45) is 0. The Kier molecular flexibility index (Phi) is 4.77. The molecule has 0 aliphatic heterocycles. The van der Waals surface area contributed by atoms with Crippen molar-refractivity contribution in [2.75, 3.05) is 0 Å². The maximum atomic E-state index is 11.7. The van der Waals surface area contributed by atoms with Crippen molar-refractivity contribution in [3.63, 3.8) is 0 Å². The second kappa shape index (κ2) is 5.61. The van der Waals surface area contributed by atoms with E-state index in [-0.39, 0.29) is 16.7 Å². The van der Waals surface area contributed by atoms with Crippen molar-refractivity contribution >= 4 is 26.0 Å². The molecule has 0 aromatic heterocycles. The lowest BCUT2D eigenvalue weighted by Gasteiger charge is -2.20. The van der Waals surface area contributed by atoms with Crippen molar-refractivity contribution in [1.82, 2.24) is 0 Å². The number of sulfonamides is 1. The fraction of sp³-hybridized carbons (Fsp3) is 0.462. The monoisotopic (exact) mass is 344 g/mol. The summed E-state index contributed by atoms with van der Waals surface area (Å²) < 4.78 is 24.0. The van der Waals surface area contributed by atoms with Crippen molar-refractivity contribution in [3.8, 4) is 6.07 Å². The van der Waals surface area contributed by atoms with Crippen molar-refractivity contribution < 1.29 is 8.42 Å². The molecule has 4 nitrogen and oxygen atoms in total. The molecule has 1 aromatic carbocycles. The molecule has 0 bridgehead atoms. The van der Waals surface area contributed by atoms with Gasteiger partial charge in [-0.15, -0.1) is 0 Å². The Balaban J connectivity index is 3.93. The lowest BCUT2D eigenvalue weighted by Crippen LogP contribution is -2.17. The maximum absolute atomic E-state index is 11.7. The fourth-order valence-corrected chi connectivity index (χ4v) is 4.11. The second-order valence-electron chi connectivity index (χ2n) is 5.03. The number of hydrogen-bond acceptors (Lipinski definition) is 3. The Labute approximate surface area is 122 Å². The highest BCUT2D eigenvalue weighted by atomic mass is 79.9. The molecule has 0 radical (unpaired) electrons. The first kappa shape index (κ1) is 16.2. The van der Waals surface area contributed by atoms with Crippen LogP contribution in [0.4, 0.5) is 0 Å². The van der Waals surface area contributed by atoms with Crippen LogP contribution in [-0.4, -0.2) is 8.42 Å². The molecule has 0 heterocycles. The molecule has 0 saturated carbocycles. The summed E-state index contributed by atoms with van der Waals surface area (Å²) in [5.74, 6) is 0.00429. The van der Waals surface area contributed by atoms with E-state index in [2.05, 4.69) is 22.0 Å². The summed E-state index contributed by atoms with van der Waals surface area (Å²) in [5.41, 5.74) is 1.72. The molecular formula is C13H17BrN2O2S. The average molecular weight is 345 g/mol. The number of nitrogens with two attached hydrogens (primary N) is 1. The van der Waals surface area contributed by atoms with Gasteiger partial charge in [-0.25, -0.2) is 13.6 Å². The van der Waals surface area contributed by atoms with Crippen LogP contribution in [0.25, 0.3) is 0 Å². The van der Waals surface area contributed by atoms with Gasteiger partial charge in [-0.1, -0.05) is 43.6 Å². The predicted molar refractivity (Wildman–Crippen MR) is 78.4 cm³/mol. The molecule has 0 amide bonds. The van der Waals surface area contributed by atoms with Gasteiger partial charge in [-0.3, -0.25) is 0 Å². The van der Waals surface area contributed by atoms with Crippen molar-refractivity contribution in [3.05, 3.63) is 27.2 Å². The number of nitrogens with zero attached hydrogens (tertiary/aromatic N) is 1. The molecule has 19 heavy (non-hydrogen) atoms. The van der Waals surface area contributed by atoms with Crippen LogP contribution in [0.15, 0.2) is 15.4 Å². The van der Waals surface area contributed by atoms with Crippen LogP contribution < -0.4 is 5.14 Å². The first-order chi connectivity index (χ1) is 8.61. The van der Waals surface area contributed by atoms with Gasteiger partial charge in [0.2, 0.25) is 10.0 Å². The maximum Gasteiger partial charge on any atom is 0.238 e. The Morgan fingerprint density at radius 2 is 1.68 bits per heavy atom. The van der Waals surface area contributed by atoms with Crippen LogP contribution in [0, 0.1) is 11.3 Å². The molecule has 0 unspecified atom stereocenters. The highest BCUT2D eigenvalue weighted by Crippen LogP contribution is 2.37. The van der Waals surface area contributed by atoms with Gasteiger partial charge >= 0.3 is 0 Å². The summed E-state index contributed by atoms with van der Waals surface area (Å²) in [5, 5.41) is 14.7. The Bertz CT molecular complexity index is 644. The zero-order valence-electron chi connectivity index (χ0n) is 11.4. The van der Waals surface area contributed by atoms with Crippen LogP contribution in [-0.2, 0) is 10.0 Å². The van der Waals surface area contributed by atoms with Gasteiger partial charge in [0.15, 0.2) is 0 Å². The molecule has 1 rings (SSSR count). The first-order valence-electron chi connectivity index (χ1n) is 5.90. The van der Waals surface area contributed by atoms with Gasteiger partial charge in [0, 0.05) is 4.47 Å². The van der Waals surface area contributed by atoms with E-state index >= 15 is 0 Å². The SMILES string of the molecule is CC(C)c1c(Br)cc(S(N)(=O)=O)c(C(C)C)c1C#N. The standard InChI is InChI=1S/C13H17BrN2O2S/c1-7(2)12-9(6-15)13(8(3)4)11(5-10(12)14)19(16,17)18/h5,7-8H,1-4H3,(H2,16,17,18). The van der Waals surface area contributed by atoms with E-state index in [0.717, 1.165) is 5.56 Å². The number of halogens is 1. The van der Waals surface area contributed by atoms with Crippen LogP contribution in [0.1, 0.15) is 56.2 Å². The third kappa shape index (κ3) is 3.16. The van der Waals surface area contributed by atoms with E-state index in [1.807, 2.05) is 27.7 Å². The van der Waals surface area contributed by atoms with E-state index in [9.17, 15) is 13.7 Å². The quantitative estimate of drug-likeness (QED) is 0.913. The van der Waals surface area contributed by atoms with E-state index < -0.39 is 10.0 Å². The average Bonchev–Trinajstić information content (AvgIpc) is 2.24. The highest BCUT2D eigenvalue weighted by molar-refractivity contribution is 9.10. The summed E-state index contributed by atoms with van der Waals surface area (Å²) in [6.45, 7) is 7.62. The summed E-state index contributed by atoms with van der Waals surface area (Å²) in [6, 6.07) is 3.63. The normalized spacial score (nSPS) is 11.9. The Morgan fingerprint density at radius 1 is 1.21 bits per heavy atom. The molecule has 0 aliphatic rings. The van der Waals surface area contributed by atoms with Gasteiger partial charge in [0.1, 0.15) is 0 Å². The van der Waals surface area contributed by atoms with Crippen molar-refractivity contribution in [1.29, 1.82) is 5.26 Å². The minimum absolute atomic E-state index is 0.0234. The molecule has 2 N–H and O–H groups in total. The molecule has 0 spiro atoms. The highest BCUT2D eigenvalue weighted by Gasteiger charge is 2.25. The minimum Gasteiger partial charge on any atom is -0.225 e. The van der Waals surface area contributed by atoms with Crippen LogP contribution in [0.2, 0.25) is 0 Å². The smallest absolute Gasteiger partial charge is 0.225 e. The minimum atomic E-state index is -3.86. The Hall–Kier alpha value is -0.900. The van der Waals surface area contributed by atoms with E-state index in [1.54, 1.807) is 0 Å². The summed E-state index contributed by atoms with van der Waals surface area (Å²) in [7, 11) is -3.86. The second-order valence-corrected chi connectivity index (χ2v) is 7.41. The summed E-state index contributed by atoms with van der Waals surface area (Å²) >= 11 is 3.34. The molecule has 0 aliphatic carbocycles. The molecule has 0 saturated heterocycles. The van der Waals surface area contributed by atoms with Gasteiger partial charge in [0.05, 0.1) is 16.5 Å². The van der Waals surface area contributed by atoms with Gasteiger partial charge in [-0.05, 0) is 29.0 Å². The number of hydrogen-bond donors (Lipinski definition) is 1. The number of nitriles is 1. The number of benzene rings is 1. The van der Waals surface area contributed by atoms with E-state index in [4.69, 9.17) is 5.14 Å². The van der Waals surface area contributed by atoms with Crippen LogP contribution >= 0.6 is 15.9 Å². The molecule has 1 aromatic rings. The lowest BCUT2D eigenvalue weighted by atomic mass is 9.89. The molecule has 104 valence electrons. The first-order valence-corrected chi connectivity index (χ1v) is 8.24. The summed E-state index contributed by atoms with van der Waals surface area (Å²) in [4.78, 5) is 0.0234. The van der Waals surface area contributed by atoms with E-state index in [0.29, 0.717) is 15.6 Å². The van der Waals surface area contributed by atoms with Gasteiger partial charge in [0.25, 0.3) is 0 Å². The number of rotatable bonds is 3. The van der Waals surface area contributed by atoms with Crippen molar-refractivity contribution in [2.45, 2.75) is 44.4 Å². The zero-order chi connectivity index (χ0) is 15.0. The topological polar surface area (TPSA) is 84.0 Å². The third-order valence-electron chi connectivity index (χ3n) is 2.89. The zero-order valence-corrected chi connectivity index (χ0v) is 13.8. The fourth-order valence-electron chi connectivity index (χ4n) is 2.15. The molecule has 0 fully saturated rings. The lowest BCUT2D eigenvalue weighted by molar-refractivity contribution is 0.595. The molecule has 6 heteroatoms. The van der Waals surface area contributed by atoms with Crippen molar-refractivity contribution in [2.24, 2.45) is 5.14 Å². The predicted octanol–water partition coefficient (Wildman–Crippen LogP) is 3.21. The van der Waals surface area contributed by atoms with Crippen LogP contribution in [0.5, 0.6) is 0 Å². The van der Waals surface area contributed by atoms with Gasteiger partial charge in [-0.2, -0.15) is 5.26 Å². The molecular weight excluding hydrogens is 328 g/mol. The largest absolute Gasteiger partial charge is 0.238 e. The number of primary sulfonamides is 1. The Morgan fingerprint density at radius 3 is 2.00 bits per heavy atom. The van der Waals surface area contributed by atoms with E-state index in [1.165, 1.54) is 6.07 Å². The van der Waals surface area contributed by atoms with Gasteiger partial charge < -0.3 is 0 Å². The molecule has 0 atom stereocenters. The van der Waals surface area contributed by atoms with Crippen LogP contribution in [0.3, 0.4) is 0 Å². The third-order valence-corrected chi connectivity index (χ3v) is 4.50.